The molecule has 6 heteroatoms. The van der Waals surface area contributed by atoms with E-state index in [1.165, 1.54) is 0 Å². The zero-order chi connectivity index (χ0) is 16.4. The van der Waals surface area contributed by atoms with E-state index in [0.29, 0.717) is 17.3 Å². The zero-order valence-corrected chi connectivity index (χ0v) is 13.5. The SMILES string of the molecule is C[C@@H](Nc1nc(C(F)F)nc2ccccc12)C1CCN(C)CC1. The molecule has 0 radical (unpaired) electrons. The summed E-state index contributed by atoms with van der Waals surface area (Å²) < 4.78 is 26.1. The number of para-hydroxylation sites is 1. The van der Waals surface area contributed by atoms with Gasteiger partial charge >= 0.3 is 0 Å². The van der Waals surface area contributed by atoms with Crippen molar-refractivity contribution in [2.75, 3.05) is 25.5 Å². The maximum absolute atomic E-state index is 13.1. The van der Waals surface area contributed by atoms with Gasteiger partial charge in [0, 0.05) is 11.4 Å². The van der Waals surface area contributed by atoms with E-state index in [1.807, 2.05) is 12.1 Å². The molecular formula is C17H22F2N4. The summed E-state index contributed by atoms with van der Waals surface area (Å²) in [6, 6.07) is 7.48. The van der Waals surface area contributed by atoms with Crippen LogP contribution in [0.5, 0.6) is 0 Å². The van der Waals surface area contributed by atoms with E-state index in [0.717, 1.165) is 31.3 Å². The van der Waals surface area contributed by atoms with Crippen molar-refractivity contribution >= 4 is 16.7 Å². The minimum atomic E-state index is -2.67. The topological polar surface area (TPSA) is 41.1 Å². The highest BCUT2D eigenvalue weighted by Crippen LogP contribution is 2.27. The van der Waals surface area contributed by atoms with E-state index in [2.05, 4.69) is 34.2 Å². The fourth-order valence-electron chi connectivity index (χ4n) is 3.16. The van der Waals surface area contributed by atoms with Gasteiger partial charge in [-0.1, -0.05) is 12.1 Å². The Balaban J connectivity index is 1.86. The first-order valence-corrected chi connectivity index (χ1v) is 8.04. The minimum absolute atomic E-state index is 0.188. The monoisotopic (exact) mass is 320 g/mol. The highest BCUT2D eigenvalue weighted by molar-refractivity contribution is 5.89. The Labute approximate surface area is 134 Å². The van der Waals surface area contributed by atoms with Crippen LogP contribution in [0.2, 0.25) is 0 Å². The first-order chi connectivity index (χ1) is 11.0. The van der Waals surface area contributed by atoms with Gasteiger partial charge in [-0.05, 0) is 58.0 Å². The van der Waals surface area contributed by atoms with Crippen molar-refractivity contribution in [1.29, 1.82) is 0 Å². The van der Waals surface area contributed by atoms with Crippen LogP contribution in [0.1, 0.15) is 32.0 Å². The molecule has 1 fully saturated rings. The number of nitrogens with zero attached hydrogens (tertiary/aromatic N) is 3. The second-order valence-corrected chi connectivity index (χ2v) is 6.32. The average molecular weight is 320 g/mol. The number of anilines is 1. The fourth-order valence-corrected chi connectivity index (χ4v) is 3.16. The Hall–Kier alpha value is -1.82. The predicted octanol–water partition coefficient (Wildman–Crippen LogP) is 3.71. The Bertz CT molecular complexity index is 669. The highest BCUT2D eigenvalue weighted by atomic mass is 19.3. The molecule has 1 aliphatic heterocycles. The summed E-state index contributed by atoms with van der Waals surface area (Å²) in [5.74, 6) is 0.619. The van der Waals surface area contributed by atoms with Gasteiger partial charge in [0.1, 0.15) is 5.82 Å². The summed E-state index contributed by atoms with van der Waals surface area (Å²) >= 11 is 0. The van der Waals surface area contributed by atoms with Gasteiger partial charge in [-0.15, -0.1) is 0 Å². The van der Waals surface area contributed by atoms with E-state index in [4.69, 9.17) is 0 Å². The molecule has 0 saturated carbocycles. The van der Waals surface area contributed by atoms with Crippen molar-refractivity contribution in [2.45, 2.75) is 32.2 Å². The number of fused-ring (bicyclic) bond motifs is 1. The number of hydrogen-bond acceptors (Lipinski definition) is 4. The van der Waals surface area contributed by atoms with E-state index >= 15 is 0 Å². The maximum Gasteiger partial charge on any atom is 0.297 e. The van der Waals surface area contributed by atoms with Crippen LogP contribution >= 0.6 is 0 Å². The van der Waals surface area contributed by atoms with Crippen molar-refractivity contribution in [1.82, 2.24) is 14.9 Å². The Morgan fingerprint density at radius 2 is 1.87 bits per heavy atom. The molecule has 1 aromatic carbocycles. The van der Waals surface area contributed by atoms with Gasteiger partial charge in [-0.2, -0.15) is 0 Å². The van der Waals surface area contributed by atoms with Crippen LogP contribution < -0.4 is 5.32 Å². The van der Waals surface area contributed by atoms with Crippen LogP contribution in [0.4, 0.5) is 14.6 Å². The first kappa shape index (κ1) is 16.1. The third kappa shape index (κ3) is 3.58. The van der Waals surface area contributed by atoms with Crippen LogP contribution in [-0.2, 0) is 0 Å². The van der Waals surface area contributed by atoms with Gasteiger partial charge in [0.05, 0.1) is 5.52 Å². The highest BCUT2D eigenvalue weighted by Gasteiger charge is 2.23. The fraction of sp³-hybridized carbons (Fsp3) is 0.529. The number of hydrogen-bond donors (Lipinski definition) is 1. The number of aromatic nitrogens is 2. The number of alkyl halides is 2. The summed E-state index contributed by atoms with van der Waals surface area (Å²) in [5, 5.41) is 4.15. The van der Waals surface area contributed by atoms with Crippen LogP contribution in [0.15, 0.2) is 24.3 Å². The largest absolute Gasteiger partial charge is 0.367 e. The Kier molecular flexibility index (Phi) is 4.71. The van der Waals surface area contributed by atoms with Crippen molar-refractivity contribution in [3.05, 3.63) is 30.1 Å². The van der Waals surface area contributed by atoms with Gasteiger partial charge in [0.25, 0.3) is 6.43 Å². The van der Waals surface area contributed by atoms with Crippen molar-refractivity contribution in [3.63, 3.8) is 0 Å². The minimum Gasteiger partial charge on any atom is -0.367 e. The zero-order valence-electron chi connectivity index (χ0n) is 13.5. The lowest BCUT2D eigenvalue weighted by Gasteiger charge is -2.33. The molecule has 1 aromatic heterocycles. The third-order valence-corrected chi connectivity index (χ3v) is 4.65. The molecule has 1 N–H and O–H groups in total. The normalized spacial score (nSPS) is 18.5. The van der Waals surface area contributed by atoms with Crippen molar-refractivity contribution in [3.8, 4) is 0 Å². The summed E-state index contributed by atoms with van der Waals surface area (Å²) in [4.78, 5) is 10.3. The lowest BCUT2D eigenvalue weighted by atomic mass is 9.90. The predicted molar refractivity (Wildman–Crippen MR) is 87.8 cm³/mol. The second-order valence-electron chi connectivity index (χ2n) is 6.32. The molecule has 0 aliphatic carbocycles. The van der Waals surface area contributed by atoms with Crippen molar-refractivity contribution < 1.29 is 8.78 Å². The molecule has 0 bridgehead atoms. The molecule has 1 saturated heterocycles. The molecule has 0 amide bonds. The molecule has 2 aromatic rings. The standard InChI is InChI=1S/C17H22F2N4/c1-11(12-7-9-23(2)10-8-12)20-16-13-5-3-4-6-14(13)21-17(22-16)15(18)19/h3-6,11-12,15H,7-10H2,1-2H3,(H,20,21,22)/t11-/m1/s1. The second kappa shape index (κ2) is 6.74. The molecule has 1 aliphatic rings. The number of piperidine rings is 1. The summed E-state index contributed by atoms with van der Waals surface area (Å²) in [6.07, 6.45) is -0.455. The molecule has 4 nitrogen and oxygen atoms in total. The summed E-state index contributed by atoms with van der Waals surface area (Å²) in [7, 11) is 2.13. The quantitative estimate of drug-likeness (QED) is 0.932. The molecule has 0 unspecified atom stereocenters. The number of nitrogens with one attached hydrogen (secondary N) is 1. The van der Waals surface area contributed by atoms with Crippen LogP contribution in [-0.4, -0.2) is 41.0 Å². The Morgan fingerprint density at radius 1 is 1.17 bits per heavy atom. The van der Waals surface area contributed by atoms with Crippen LogP contribution in [0.3, 0.4) is 0 Å². The molecule has 124 valence electrons. The molecular weight excluding hydrogens is 298 g/mol. The Morgan fingerprint density at radius 3 is 2.57 bits per heavy atom. The van der Waals surface area contributed by atoms with E-state index < -0.39 is 12.2 Å². The molecule has 23 heavy (non-hydrogen) atoms. The molecule has 3 rings (SSSR count). The molecule has 2 heterocycles. The smallest absolute Gasteiger partial charge is 0.297 e. The lowest BCUT2D eigenvalue weighted by molar-refractivity contribution is 0.141. The summed E-state index contributed by atoms with van der Waals surface area (Å²) in [6.45, 7) is 4.25. The lowest BCUT2D eigenvalue weighted by Crippen LogP contribution is -2.37. The number of benzene rings is 1. The van der Waals surface area contributed by atoms with Gasteiger partial charge in [-0.3, -0.25) is 0 Å². The van der Waals surface area contributed by atoms with Crippen LogP contribution in [0.25, 0.3) is 10.9 Å². The number of likely N-dealkylation sites (tertiary alicyclic amines) is 1. The van der Waals surface area contributed by atoms with E-state index in [9.17, 15) is 8.78 Å². The van der Waals surface area contributed by atoms with Gasteiger partial charge in [0.15, 0.2) is 5.82 Å². The van der Waals surface area contributed by atoms with Gasteiger partial charge < -0.3 is 10.2 Å². The van der Waals surface area contributed by atoms with Gasteiger partial charge in [-0.25, -0.2) is 18.7 Å². The number of halogens is 2. The first-order valence-electron chi connectivity index (χ1n) is 8.04. The van der Waals surface area contributed by atoms with E-state index in [1.54, 1.807) is 12.1 Å². The van der Waals surface area contributed by atoms with E-state index in [-0.39, 0.29) is 6.04 Å². The third-order valence-electron chi connectivity index (χ3n) is 4.65. The molecule has 1 atom stereocenters. The van der Waals surface area contributed by atoms with Crippen molar-refractivity contribution in [2.24, 2.45) is 5.92 Å². The van der Waals surface area contributed by atoms with Crippen LogP contribution in [0, 0.1) is 5.92 Å². The number of rotatable bonds is 4. The average Bonchev–Trinajstić information content (AvgIpc) is 2.55. The maximum atomic E-state index is 13.1. The van der Waals surface area contributed by atoms with Gasteiger partial charge in [0.2, 0.25) is 0 Å². The summed E-state index contributed by atoms with van der Waals surface area (Å²) in [5.41, 5.74) is 0.552. The molecule has 0 spiro atoms.